The number of alkyl halides is 1. The molecule has 146 valence electrons. The van der Waals surface area contributed by atoms with Crippen molar-refractivity contribution >= 4 is 17.7 Å². The van der Waals surface area contributed by atoms with Gasteiger partial charge < -0.3 is 4.74 Å². The van der Waals surface area contributed by atoms with Crippen molar-refractivity contribution in [2.75, 3.05) is 6.61 Å². The van der Waals surface area contributed by atoms with E-state index in [1.54, 1.807) is 23.4 Å². The maximum atomic E-state index is 13.6. The maximum Gasteiger partial charge on any atom is 0.410 e. The van der Waals surface area contributed by atoms with Crippen LogP contribution in [0.3, 0.4) is 0 Å². The van der Waals surface area contributed by atoms with Gasteiger partial charge in [0.05, 0.1) is 29.8 Å². The van der Waals surface area contributed by atoms with E-state index in [9.17, 15) is 9.18 Å². The van der Waals surface area contributed by atoms with Crippen molar-refractivity contribution in [2.24, 2.45) is 0 Å². The minimum absolute atomic E-state index is 0.0125. The molecule has 2 aliphatic heterocycles. The first kappa shape index (κ1) is 17.8. The van der Waals surface area contributed by atoms with Crippen molar-refractivity contribution in [2.45, 2.75) is 31.1 Å². The number of rotatable bonds is 3. The molecule has 1 amide bonds. The average Bonchev–Trinajstić information content (AvgIpc) is 3.12. The Bertz CT molecular complexity index is 1030. The third-order valence-corrected chi connectivity index (χ3v) is 5.69. The van der Waals surface area contributed by atoms with Crippen molar-refractivity contribution < 1.29 is 13.9 Å². The molecule has 3 heterocycles. The number of hydrogen-bond donors (Lipinski definition) is 0. The Balaban J connectivity index is 1.40. The molecule has 0 bridgehead atoms. The summed E-state index contributed by atoms with van der Waals surface area (Å²) in [5, 5.41) is 0. The molecule has 3 aliphatic rings. The lowest BCUT2D eigenvalue weighted by atomic mass is 9.84. The fourth-order valence-electron chi connectivity index (χ4n) is 4.19. The first-order valence-electron chi connectivity index (χ1n) is 9.72. The summed E-state index contributed by atoms with van der Waals surface area (Å²) in [6.45, 7) is 0.969. The zero-order valence-corrected chi connectivity index (χ0v) is 15.7. The molecule has 0 spiro atoms. The monoisotopic (exact) mass is 389 g/mol. The number of benzene rings is 1. The number of nitrogens with zero attached hydrogens (tertiary/aromatic N) is 3. The normalized spacial score (nSPS) is 25.6. The molecular weight excluding hydrogens is 369 g/mol. The first-order chi connectivity index (χ1) is 14.2. The first-order valence-corrected chi connectivity index (χ1v) is 9.72. The molecule has 2 aromatic rings. The fourth-order valence-corrected chi connectivity index (χ4v) is 4.19. The second-order valence-electron chi connectivity index (χ2n) is 7.48. The average molecular weight is 389 g/mol. The van der Waals surface area contributed by atoms with E-state index in [1.807, 2.05) is 24.3 Å². The summed E-state index contributed by atoms with van der Waals surface area (Å²) < 4.78 is 18.8. The van der Waals surface area contributed by atoms with Gasteiger partial charge in [0.2, 0.25) is 0 Å². The minimum Gasteiger partial charge on any atom is -0.447 e. The summed E-state index contributed by atoms with van der Waals surface area (Å²) in [5.41, 5.74) is 4.61. The van der Waals surface area contributed by atoms with Crippen LogP contribution in [0.4, 0.5) is 9.18 Å². The number of fused-ring (bicyclic) bond motifs is 2. The van der Waals surface area contributed by atoms with Crippen LogP contribution in [0.15, 0.2) is 61.0 Å². The number of hydrogen-bond acceptors (Lipinski definition) is 4. The predicted molar refractivity (Wildman–Crippen MR) is 108 cm³/mol. The number of ether oxygens (including phenoxy) is 1. The number of carbonyl (C=O) groups is 1. The van der Waals surface area contributed by atoms with Crippen molar-refractivity contribution in [3.63, 3.8) is 0 Å². The molecule has 0 N–H and O–H groups in total. The quantitative estimate of drug-likeness (QED) is 0.786. The van der Waals surface area contributed by atoms with Crippen LogP contribution in [-0.2, 0) is 11.3 Å². The standard InChI is InChI=1S/C23H20FN3O2/c24-17-6-3-5-15(10-17)21-12-25-18(11-26-21)8-9-20-19-7-2-1-4-16(19)13-27-22(20)14-29-23(27)28/h1-9,11-12,17,20,22H,10,13-14H2/b9-8+/t17?,20?,22-/m1/s1. The molecule has 0 radical (unpaired) electrons. The molecule has 1 saturated heterocycles. The molecule has 5 nitrogen and oxygen atoms in total. The molecule has 5 rings (SSSR count). The van der Waals surface area contributed by atoms with Gasteiger partial charge in [0.25, 0.3) is 0 Å². The van der Waals surface area contributed by atoms with E-state index >= 15 is 0 Å². The third-order valence-electron chi connectivity index (χ3n) is 5.69. The lowest BCUT2D eigenvalue weighted by Crippen LogP contribution is -2.41. The molecule has 3 atom stereocenters. The highest BCUT2D eigenvalue weighted by molar-refractivity contribution is 5.72. The number of cyclic esters (lactones) is 1. The van der Waals surface area contributed by atoms with E-state index in [-0.39, 0.29) is 18.1 Å². The number of amides is 1. The highest BCUT2D eigenvalue weighted by Crippen LogP contribution is 2.37. The number of allylic oxidation sites excluding steroid dienone is 4. The SMILES string of the molecule is O=C1OC[C@@H]2C(/C=C/c3cnc(C4=CC=CC(F)C4)cn3)c3ccccc3CN12. The zero-order valence-electron chi connectivity index (χ0n) is 15.7. The molecule has 2 unspecified atom stereocenters. The van der Waals surface area contributed by atoms with Crippen LogP contribution in [0.5, 0.6) is 0 Å². The number of halogens is 1. The Morgan fingerprint density at radius 2 is 2.10 bits per heavy atom. The Morgan fingerprint density at radius 3 is 2.93 bits per heavy atom. The third kappa shape index (κ3) is 3.35. The number of carbonyl (C=O) groups excluding carboxylic acids is 1. The minimum atomic E-state index is -0.970. The van der Waals surface area contributed by atoms with Gasteiger partial charge in [-0.3, -0.25) is 14.9 Å². The van der Waals surface area contributed by atoms with E-state index in [2.05, 4.69) is 28.2 Å². The van der Waals surface area contributed by atoms with Gasteiger partial charge in [-0.1, -0.05) is 48.6 Å². The van der Waals surface area contributed by atoms with Gasteiger partial charge in [-0.25, -0.2) is 9.18 Å². The summed E-state index contributed by atoms with van der Waals surface area (Å²) in [4.78, 5) is 22.8. The van der Waals surface area contributed by atoms with Gasteiger partial charge in [-0.05, 0) is 22.8 Å². The van der Waals surface area contributed by atoms with Crippen molar-refractivity contribution in [1.29, 1.82) is 0 Å². The molecule has 1 aromatic carbocycles. The van der Waals surface area contributed by atoms with Crippen LogP contribution in [0.25, 0.3) is 11.6 Å². The van der Waals surface area contributed by atoms with Crippen LogP contribution in [0.1, 0.15) is 34.9 Å². The van der Waals surface area contributed by atoms with E-state index in [4.69, 9.17) is 4.74 Å². The highest BCUT2D eigenvalue weighted by Gasteiger charge is 2.42. The van der Waals surface area contributed by atoms with Crippen LogP contribution >= 0.6 is 0 Å². The highest BCUT2D eigenvalue weighted by atomic mass is 19.1. The van der Waals surface area contributed by atoms with Crippen molar-refractivity contribution in [3.8, 4) is 0 Å². The Kier molecular flexibility index (Phi) is 4.46. The molecule has 1 aromatic heterocycles. The summed E-state index contributed by atoms with van der Waals surface area (Å²) in [6.07, 6.45) is 11.6. The van der Waals surface area contributed by atoms with Gasteiger partial charge in [-0.2, -0.15) is 0 Å². The lowest BCUT2D eigenvalue weighted by molar-refractivity contribution is 0.154. The van der Waals surface area contributed by atoms with E-state index in [0.29, 0.717) is 25.3 Å². The predicted octanol–water partition coefficient (Wildman–Crippen LogP) is 4.29. The Hall–Kier alpha value is -3.28. The van der Waals surface area contributed by atoms with Gasteiger partial charge in [-0.15, -0.1) is 0 Å². The summed E-state index contributed by atoms with van der Waals surface area (Å²) >= 11 is 0. The Labute approximate surface area is 168 Å². The van der Waals surface area contributed by atoms with Crippen LogP contribution in [-0.4, -0.2) is 39.8 Å². The molecular formula is C23H20FN3O2. The molecule has 1 fully saturated rings. The summed E-state index contributed by atoms with van der Waals surface area (Å²) in [7, 11) is 0. The second kappa shape index (κ2) is 7.28. The lowest BCUT2D eigenvalue weighted by Gasteiger charge is -2.34. The summed E-state index contributed by atoms with van der Waals surface area (Å²) in [5.74, 6) is 0.0337. The fraction of sp³-hybridized carbons (Fsp3) is 0.261. The van der Waals surface area contributed by atoms with Crippen molar-refractivity contribution in [1.82, 2.24) is 14.9 Å². The Morgan fingerprint density at radius 1 is 1.21 bits per heavy atom. The van der Waals surface area contributed by atoms with E-state index in [1.165, 1.54) is 11.6 Å². The van der Waals surface area contributed by atoms with E-state index < -0.39 is 6.17 Å². The number of aromatic nitrogens is 2. The van der Waals surface area contributed by atoms with E-state index in [0.717, 1.165) is 16.8 Å². The topological polar surface area (TPSA) is 55.3 Å². The molecule has 0 saturated carbocycles. The van der Waals surface area contributed by atoms with Gasteiger partial charge in [0, 0.05) is 18.9 Å². The molecule has 1 aliphatic carbocycles. The van der Waals surface area contributed by atoms with Gasteiger partial charge in [0.1, 0.15) is 12.8 Å². The van der Waals surface area contributed by atoms with Gasteiger partial charge >= 0.3 is 6.09 Å². The van der Waals surface area contributed by atoms with Crippen LogP contribution in [0.2, 0.25) is 0 Å². The maximum absolute atomic E-state index is 13.6. The molecule has 6 heteroatoms. The van der Waals surface area contributed by atoms with Gasteiger partial charge in [0.15, 0.2) is 0 Å². The largest absolute Gasteiger partial charge is 0.447 e. The van der Waals surface area contributed by atoms with Crippen LogP contribution < -0.4 is 0 Å². The van der Waals surface area contributed by atoms with Crippen molar-refractivity contribution in [3.05, 3.63) is 83.5 Å². The smallest absolute Gasteiger partial charge is 0.410 e. The zero-order chi connectivity index (χ0) is 19.8. The van der Waals surface area contributed by atoms with Crippen LogP contribution in [0, 0.1) is 0 Å². The second-order valence-corrected chi connectivity index (χ2v) is 7.48. The molecule has 29 heavy (non-hydrogen) atoms. The summed E-state index contributed by atoms with van der Waals surface area (Å²) in [6, 6.07) is 8.16.